The molecule has 5 rings (SSSR count). The van der Waals surface area contributed by atoms with E-state index in [1.807, 2.05) is 6.07 Å². The predicted octanol–water partition coefficient (Wildman–Crippen LogP) is 4.17. The van der Waals surface area contributed by atoms with Gasteiger partial charge < -0.3 is 14.6 Å². The van der Waals surface area contributed by atoms with Crippen LogP contribution in [0, 0.1) is 5.92 Å². The minimum atomic E-state index is 0.380. The van der Waals surface area contributed by atoms with Crippen LogP contribution in [0.4, 0.5) is 0 Å². The molecule has 2 saturated heterocycles. The molecule has 3 aliphatic rings. The van der Waals surface area contributed by atoms with E-state index in [4.69, 9.17) is 4.74 Å². The lowest BCUT2D eigenvalue weighted by atomic mass is 9.67. The van der Waals surface area contributed by atoms with Gasteiger partial charge in [0.15, 0.2) is 0 Å². The summed E-state index contributed by atoms with van der Waals surface area (Å²) < 4.78 is 5.48. The highest BCUT2D eigenvalue weighted by atomic mass is 16.5. The van der Waals surface area contributed by atoms with Gasteiger partial charge in [0, 0.05) is 47.4 Å². The lowest BCUT2D eigenvalue weighted by Crippen LogP contribution is -2.44. The van der Waals surface area contributed by atoms with Crippen molar-refractivity contribution >= 4 is 16.8 Å². The molecule has 1 amide bonds. The van der Waals surface area contributed by atoms with Crippen molar-refractivity contribution in [2.75, 3.05) is 13.7 Å². The van der Waals surface area contributed by atoms with Crippen molar-refractivity contribution in [1.29, 1.82) is 0 Å². The molecular weight excluding hydrogens is 312 g/mol. The Morgan fingerprint density at radius 3 is 3.00 bits per heavy atom. The summed E-state index contributed by atoms with van der Waals surface area (Å²) in [5, 5.41) is 1.30. The Balaban J connectivity index is 1.74. The van der Waals surface area contributed by atoms with Crippen LogP contribution >= 0.6 is 0 Å². The SMILES string of the molecule is CC[C@H]1c2[nH]c3ccc(OC)cc3c2[C@@H]2CCN3C(=O)CCC[C@H]1[C@H]23. The highest BCUT2D eigenvalue weighted by molar-refractivity contribution is 5.88. The zero-order chi connectivity index (χ0) is 17.1. The fourth-order valence-corrected chi connectivity index (χ4v) is 5.95. The van der Waals surface area contributed by atoms with Crippen molar-refractivity contribution in [2.24, 2.45) is 5.92 Å². The lowest BCUT2D eigenvalue weighted by molar-refractivity contribution is -0.132. The number of hydrogen-bond acceptors (Lipinski definition) is 2. The molecule has 2 aromatic rings. The number of fused-ring (bicyclic) bond motifs is 4. The molecule has 0 bridgehead atoms. The van der Waals surface area contributed by atoms with Crippen LogP contribution < -0.4 is 4.74 Å². The molecule has 0 radical (unpaired) electrons. The van der Waals surface area contributed by atoms with Crippen molar-refractivity contribution in [3.63, 3.8) is 0 Å². The zero-order valence-electron chi connectivity index (χ0n) is 15.0. The van der Waals surface area contributed by atoms with E-state index in [9.17, 15) is 4.79 Å². The van der Waals surface area contributed by atoms with E-state index >= 15 is 0 Å². The van der Waals surface area contributed by atoms with Crippen LogP contribution in [0.1, 0.15) is 62.1 Å². The van der Waals surface area contributed by atoms with E-state index in [1.54, 1.807) is 7.11 Å². The highest BCUT2D eigenvalue weighted by Crippen LogP contribution is 2.55. The van der Waals surface area contributed by atoms with Gasteiger partial charge in [0.1, 0.15) is 5.75 Å². The smallest absolute Gasteiger partial charge is 0.222 e. The van der Waals surface area contributed by atoms with Gasteiger partial charge in [-0.15, -0.1) is 0 Å². The molecule has 1 aliphatic carbocycles. The Hall–Kier alpha value is -1.97. The number of hydrogen-bond donors (Lipinski definition) is 1. The van der Waals surface area contributed by atoms with Gasteiger partial charge in [0.2, 0.25) is 5.91 Å². The van der Waals surface area contributed by atoms with E-state index in [1.165, 1.54) is 28.6 Å². The number of carbonyl (C=O) groups is 1. The quantitative estimate of drug-likeness (QED) is 0.893. The van der Waals surface area contributed by atoms with Crippen LogP contribution in [0.25, 0.3) is 10.9 Å². The second kappa shape index (κ2) is 5.52. The Kier molecular flexibility index (Phi) is 3.37. The van der Waals surface area contributed by atoms with Crippen molar-refractivity contribution < 1.29 is 9.53 Å². The van der Waals surface area contributed by atoms with Gasteiger partial charge in [0.05, 0.1) is 7.11 Å². The molecule has 4 atom stereocenters. The summed E-state index contributed by atoms with van der Waals surface area (Å²) in [5.74, 6) is 2.90. The van der Waals surface area contributed by atoms with Crippen LogP contribution in [-0.2, 0) is 4.79 Å². The third kappa shape index (κ3) is 2.03. The summed E-state index contributed by atoms with van der Waals surface area (Å²) in [6.07, 6.45) is 5.19. The van der Waals surface area contributed by atoms with Crippen molar-refractivity contribution in [2.45, 2.75) is 56.9 Å². The monoisotopic (exact) mass is 338 g/mol. The average molecular weight is 338 g/mol. The molecule has 4 nitrogen and oxygen atoms in total. The minimum Gasteiger partial charge on any atom is -0.497 e. The first-order valence-corrected chi connectivity index (χ1v) is 9.72. The third-order valence-corrected chi connectivity index (χ3v) is 6.91. The summed E-state index contributed by atoms with van der Waals surface area (Å²) >= 11 is 0. The summed E-state index contributed by atoms with van der Waals surface area (Å²) in [5.41, 5.74) is 4.12. The lowest BCUT2D eigenvalue weighted by Gasteiger charge is -2.42. The molecule has 2 fully saturated rings. The normalized spacial score (nSPS) is 31.0. The molecule has 1 N–H and O–H groups in total. The first-order valence-electron chi connectivity index (χ1n) is 9.72. The fourth-order valence-electron chi connectivity index (χ4n) is 5.95. The van der Waals surface area contributed by atoms with Crippen molar-refractivity contribution in [1.82, 2.24) is 9.88 Å². The Labute approximate surface area is 148 Å². The number of ether oxygens (including phenoxy) is 1. The van der Waals surface area contributed by atoms with Gasteiger partial charge in [-0.05, 0) is 55.4 Å². The summed E-state index contributed by atoms with van der Waals surface area (Å²) in [7, 11) is 1.73. The predicted molar refractivity (Wildman–Crippen MR) is 98.1 cm³/mol. The number of amides is 1. The number of aromatic amines is 1. The van der Waals surface area contributed by atoms with Crippen LogP contribution in [0.3, 0.4) is 0 Å². The largest absolute Gasteiger partial charge is 0.497 e. The topological polar surface area (TPSA) is 45.3 Å². The number of H-pyrrole nitrogens is 1. The number of methoxy groups -OCH3 is 1. The first kappa shape index (κ1) is 15.3. The summed E-state index contributed by atoms with van der Waals surface area (Å²) in [6.45, 7) is 3.23. The fraction of sp³-hybridized carbons (Fsp3) is 0.571. The molecule has 25 heavy (non-hydrogen) atoms. The highest BCUT2D eigenvalue weighted by Gasteiger charge is 2.51. The molecule has 0 saturated carbocycles. The summed E-state index contributed by atoms with van der Waals surface area (Å²) in [6, 6.07) is 6.76. The molecule has 132 valence electrons. The molecule has 0 spiro atoms. The van der Waals surface area contributed by atoms with Crippen molar-refractivity contribution in [3.8, 4) is 5.75 Å². The van der Waals surface area contributed by atoms with Gasteiger partial charge in [-0.25, -0.2) is 0 Å². The maximum absolute atomic E-state index is 12.6. The second-order valence-corrected chi connectivity index (χ2v) is 7.91. The van der Waals surface area contributed by atoms with Gasteiger partial charge in [-0.3, -0.25) is 4.79 Å². The number of nitrogens with one attached hydrogen (secondary N) is 1. The Morgan fingerprint density at radius 1 is 1.32 bits per heavy atom. The van der Waals surface area contributed by atoms with Gasteiger partial charge in [-0.1, -0.05) is 6.92 Å². The van der Waals surface area contributed by atoms with E-state index in [-0.39, 0.29) is 0 Å². The van der Waals surface area contributed by atoms with E-state index < -0.39 is 0 Å². The molecule has 0 unspecified atom stereocenters. The van der Waals surface area contributed by atoms with Crippen LogP contribution in [0.2, 0.25) is 0 Å². The van der Waals surface area contributed by atoms with Crippen LogP contribution in [0.15, 0.2) is 18.2 Å². The van der Waals surface area contributed by atoms with Gasteiger partial charge >= 0.3 is 0 Å². The number of benzene rings is 1. The van der Waals surface area contributed by atoms with Crippen molar-refractivity contribution in [3.05, 3.63) is 29.5 Å². The van der Waals surface area contributed by atoms with Crippen LogP contribution in [0.5, 0.6) is 5.75 Å². The molecule has 1 aromatic heterocycles. The van der Waals surface area contributed by atoms with Gasteiger partial charge in [0.25, 0.3) is 0 Å². The first-order chi connectivity index (χ1) is 12.2. The molecule has 4 heteroatoms. The second-order valence-electron chi connectivity index (χ2n) is 7.91. The molecule has 3 heterocycles. The number of nitrogens with zero attached hydrogens (tertiary/aromatic N) is 1. The van der Waals surface area contributed by atoms with Crippen LogP contribution in [-0.4, -0.2) is 35.5 Å². The number of aromatic nitrogens is 1. The minimum absolute atomic E-state index is 0.380. The van der Waals surface area contributed by atoms with E-state index in [0.717, 1.165) is 38.0 Å². The summed E-state index contributed by atoms with van der Waals surface area (Å²) in [4.78, 5) is 18.6. The zero-order valence-corrected chi connectivity index (χ0v) is 15.0. The van der Waals surface area contributed by atoms with E-state index in [2.05, 4.69) is 28.9 Å². The third-order valence-electron chi connectivity index (χ3n) is 6.91. The van der Waals surface area contributed by atoms with E-state index in [0.29, 0.717) is 29.7 Å². The maximum Gasteiger partial charge on any atom is 0.222 e. The molecule has 1 aromatic carbocycles. The average Bonchev–Trinajstić information content (AvgIpc) is 3.17. The maximum atomic E-state index is 12.6. The Morgan fingerprint density at radius 2 is 2.20 bits per heavy atom. The molecular formula is C21H26N2O2. The standard InChI is InChI=1S/C21H26N2O2/c1-3-13-14-5-4-6-18(24)23-10-9-15(21(14)23)19-16-11-12(25-2)7-8-17(16)22-20(13)19/h7-8,11,13-15,21-22H,3-6,9-10H2,1-2H3/t13-,14-,15+,21-/m1/s1. The van der Waals surface area contributed by atoms with Gasteiger partial charge in [-0.2, -0.15) is 0 Å². The Bertz CT molecular complexity index is 840. The number of carbonyl (C=O) groups excluding carboxylic acids is 1. The number of rotatable bonds is 2. The molecule has 2 aliphatic heterocycles.